The van der Waals surface area contributed by atoms with Gasteiger partial charge in [0.25, 0.3) is 0 Å². The first kappa shape index (κ1) is 14.4. The van der Waals surface area contributed by atoms with Crippen LogP contribution in [0.4, 0.5) is 0 Å². The first-order valence-corrected chi connectivity index (χ1v) is 5.57. The summed E-state index contributed by atoms with van der Waals surface area (Å²) in [5.74, 6) is 0.300. The Bertz CT molecular complexity index is 171. The van der Waals surface area contributed by atoms with Gasteiger partial charge in [-0.2, -0.15) is 0 Å². The highest BCUT2D eigenvalue weighted by atomic mass is 16.5. The number of rotatable bonds is 8. The van der Waals surface area contributed by atoms with E-state index in [1.807, 2.05) is 0 Å². The van der Waals surface area contributed by atoms with Gasteiger partial charge in [0.1, 0.15) is 6.04 Å². The van der Waals surface area contributed by atoms with Crippen molar-refractivity contribution in [2.24, 2.45) is 11.7 Å². The second-order valence-electron chi connectivity index (χ2n) is 3.97. The Morgan fingerprint density at radius 3 is 2.60 bits per heavy atom. The van der Waals surface area contributed by atoms with Gasteiger partial charge in [-0.15, -0.1) is 0 Å². The third-order valence-electron chi connectivity index (χ3n) is 1.96. The summed E-state index contributed by atoms with van der Waals surface area (Å²) in [7, 11) is 0. The van der Waals surface area contributed by atoms with E-state index >= 15 is 0 Å². The summed E-state index contributed by atoms with van der Waals surface area (Å²) in [4.78, 5) is 11.1. The molecule has 1 unspecified atom stereocenters. The Morgan fingerprint density at radius 1 is 1.40 bits per heavy atom. The maximum atomic E-state index is 11.1. The number of esters is 1. The molecule has 0 saturated carbocycles. The molecule has 0 radical (unpaired) electrons. The molecule has 0 aliphatic rings. The average Bonchev–Trinajstić information content (AvgIpc) is 2.16. The lowest BCUT2D eigenvalue weighted by atomic mass is 10.1. The Balaban J connectivity index is 3.38. The van der Waals surface area contributed by atoms with E-state index in [4.69, 9.17) is 15.2 Å². The van der Waals surface area contributed by atoms with Gasteiger partial charge in [0.05, 0.1) is 13.2 Å². The van der Waals surface area contributed by atoms with Gasteiger partial charge in [-0.3, -0.25) is 4.79 Å². The minimum absolute atomic E-state index is 0.247. The summed E-state index contributed by atoms with van der Waals surface area (Å²) in [6.07, 6.45) is 2.14. The van der Waals surface area contributed by atoms with Gasteiger partial charge in [-0.05, 0) is 25.7 Å². The first-order valence-electron chi connectivity index (χ1n) is 5.57. The molecule has 0 aliphatic heterocycles. The van der Waals surface area contributed by atoms with Crippen molar-refractivity contribution in [3.63, 3.8) is 0 Å². The minimum atomic E-state index is -0.649. The zero-order chi connectivity index (χ0) is 11.7. The molecule has 0 saturated heterocycles. The summed E-state index contributed by atoms with van der Waals surface area (Å²) >= 11 is 0. The third kappa shape index (κ3) is 8.39. The second kappa shape index (κ2) is 8.68. The Labute approximate surface area is 92.1 Å². The van der Waals surface area contributed by atoms with E-state index in [2.05, 4.69) is 13.8 Å². The van der Waals surface area contributed by atoms with E-state index in [-0.39, 0.29) is 12.6 Å². The maximum Gasteiger partial charge on any atom is 0.325 e. The average molecular weight is 217 g/mol. The van der Waals surface area contributed by atoms with Crippen molar-refractivity contribution in [3.8, 4) is 0 Å². The van der Waals surface area contributed by atoms with Crippen LogP contribution >= 0.6 is 0 Å². The molecule has 0 heterocycles. The highest BCUT2D eigenvalue weighted by Crippen LogP contribution is 2.03. The Kier molecular flexibility index (Phi) is 8.33. The van der Waals surface area contributed by atoms with Gasteiger partial charge in [-0.25, -0.2) is 0 Å². The van der Waals surface area contributed by atoms with E-state index in [1.165, 1.54) is 0 Å². The van der Waals surface area contributed by atoms with Crippen LogP contribution < -0.4 is 5.73 Å². The van der Waals surface area contributed by atoms with Crippen molar-refractivity contribution >= 4 is 5.97 Å². The number of ether oxygens (including phenoxy) is 2. The quantitative estimate of drug-likeness (QED) is 0.492. The van der Waals surface area contributed by atoms with Crippen LogP contribution in [0.1, 0.15) is 33.6 Å². The summed E-state index contributed by atoms with van der Waals surface area (Å²) in [6.45, 7) is 7.37. The second-order valence-corrected chi connectivity index (χ2v) is 3.97. The lowest BCUT2D eigenvalue weighted by Crippen LogP contribution is -2.36. The predicted octanol–water partition coefficient (Wildman–Crippen LogP) is 1.33. The number of hydrogen-bond acceptors (Lipinski definition) is 4. The van der Waals surface area contributed by atoms with Crippen LogP contribution in [0.15, 0.2) is 0 Å². The number of hydrogen-bond donors (Lipinski definition) is 1. The molecule has 0 bridgehead atoms. The highest BCUT2D eigenvalue weighted by molar-refractivity contribution is 5.75. The van der Waals surface area contributed by atoms with Crippen molar-refractivity contribution in [2.45, 2.75) is 39.7 Å². The molecule has 4 heteroatoms. The van der Waals surface area contributed by atoms with Gasteiger partial charge < -0.3 is 15.2 Å². The van der Waals surface area contributed by atoms with Gasteiger partial charge in [0.15, 0.2) is 0 Å². The Hall–Kier alpha value is -0.610. The maximum absolute atomic E-state index is 11.1. The number of carbonyl (C=O) groups is 1. The van der Waals surface area contributed by atoms with E-state index < -0.39 is 6.04 Å². The molecule has 0 rings (SSSR count). The molecule has 90 valence electrons. The van der Waals surface area contributed by atoms with Crippen LogP contribution in [0.2, 0.25) is 0 Å². The van der Waals surface area contributed by atoms with Crippen molar-refractivity contribution in [1.29, 1.82) is 0 Å². The molecule has 0 aliphatic carbocycles. The SMILES string of the molecule is CCOC(=O)C(N)COCCCC(C)C. The standard InChI is InChI=1S/C11H23NO3/c1-4-15-11(13)10(12)8-14-7-5-6-9(2)3/h9-10H,4-8,12H2,1-3H3. The van der Waals surface area contributed by atoms with Gasteiger partial charge >= 0.3 is 5.97 Å². The molecule has 0 aromatic rings. The van der Waals surface area contributed by atoms with E-state index in [9.17, 15) is 4.79 Å². The highest BCUT2D eigenvalue weighted by Gasteiger charge is 2.13. The van der Waals surface area contributed by atoms with Crippen LogP contribution in [0.5, 0.6) is 0 Å². The lowest BCUT2D eigenvalue weighted by Gasteiger charge is -2.11. The predicted molar refractivity (Wildman–Crippen MR) is 59.5 cm³/mol. The molecule has 0 spiro atoms. The minimum Gasteiger partial charge on any atom is -0.465 e. The zero-order valence-corrected chi connectivity index (χ0v) is 9.99. The zero-order valence-electron chi connectivity index (χ0n) is 9.99. The van der Waals surface area contributed by atoms with Crippen molar-refractivity contribution in [3.05, 3.63) is 0 Å². The fourth-order valence-electron chi connectivity index (χ4n) is 1.12. The fraction of sp³-hybridized carbons (Fsp3) is 0.909. The molecule has 0 aromatic heterocycles. The van der Waals surface area contributed by atoms with E-state index in [1.54, 1.807) is 6.92 Å². The summed E-state index contributed by atoms with van der Waals surface area (Å²) in [5, 5.41) is 0. The monoisotopic (exact) mass is 217 g/mol. The van der Waals surface area contributed by atoms with Crippen molar-refractivity contribution < 1.29 is 14.3 Å². The molecule has 4 nitrogen and oxygen atoms in total. The van der Waals surface area contributed by atoms with Gasteiger partial charge in [0.2, 0.25) is 0 Å². The number of carbonyl (C=O) groups excluding carboxylic acids is 1. The van der Waals surface area contributed by atoms with Crippen LogP contribution in [0, 0.1) is 5.92 Å². The molecule has 15 heavy (non-hydrogen) atoms. The van der Waals surface area contributed by atoms with Crippen LogP contribution in [-0.4, -0.2) is 31.8 Å². The fourth-order valence-corrected chi connectivity index (χ4v) is 1.12. The molecule has 0 aromatic carbocycles. The molecular weight excluding hydrogens is 194 g/mol. The van der Waals surface area contributed by atoms with Gasteiger partial charge in [0, 0.05) is 6.61 Å². The van der Waals surface area contributed by atoms with Crippen LogP contribution in [0.25, 0.3) is 0 Å². The smallest absolute Gasteiger partial charge is 0.325 e. The molecule has 0 amide bonds. The van der Waals surface area contributed by atoms with Crippen molar-refractivity contribution in [1.82, 2.24) is 0 Å². The van der Waals surface area contributed by atoms with Crippen LogP contribution in [-0.2, 0) is 14.3 Å². The van der Waals surface area contributed by atoms with E-state index in [0.29, 0.717) is 19.1 Å². The Morgan fingerprint density at radius 2 is 2.07 bits per heavy atom. The largest absolute Gasteiger partial charge is 0.465 e. The molecule has 1 atom stereocenters. The molecule has 0 fully saturated rings. The van der Waals surface area contributed by atoms with Crippen LogP contribution in [0.3, 0.4) is 0 Å². The normalized spacial score (nSPS) is 12.9. The lowest BCUT2D eigenvalue weighted by molar-refractivity contribution is -0.146. The third-order valence-corrected chi connectivity index (χ3v) is 1.96. The number of nitrogens with two attached hydrogens (primary N) is 1. The summed E-state index contributed by atoms with van der Waals surface area (Å²) in [5.41, 5.74) is 5.55. The van der Waals surface area contributed by atoms with E-state index in [0.717, 1.165) is 12.8 Å². The topological polar surface area (TPSA) is 61.5 Å². The molecule has 2 N–H and O–H groups in total. The molecular formula is C11H23NO3. The summed E-state index contributed by atoms with van der Waals surface area (Å²) in [6, 6.07) is -0.649. The first-order chi connectivity index (χ1) is 7.07. The summed E-state index contributed by atoms with van der Waals surface area (Å²) < 4.78 is 10.0. The van der Waals surface area contributed by atoms with Gasteiger partial charge in [-0.1, -0.05) is 13.8 Å². The van der Waals surface area contributed by atoms with Crippen molar-refractivity contribution in [2.75, 3.05) is 19.8 Å².